The average Bonchev–Trinajstić information content (AvgIpc) is 2.62. The van der Waals surface area contributed by atoms with Crippen molar-refractivity contribution < 1.29 is 9.90 Å². The van der Waals surface area contributed by atoms with Crippen LogP contribution in [0.25, 0.3) is 10.9 Å². The number of carbonyl (C=O) groups is 1. The van der Waals surface area contributed by atoms with Crippen LogP contribution in [-0.4, -0.2) is 32.6 Å². The highest BCUT2D eigenvalue weighted by Gasteiger charge is 2.15. The van der Waals surface area contributed by atoms with Crippen LogP contribution >= 0.6 is 11.6 Å². The van der Waals surface area contributed by atoms with Crippen LogP contribution in [0.3, 0.4) is 0 Å². The SMILES string of the molecule is N#Cc1c(N)ncnc1NCCc1nc2c(Cl)cccc2cc1C(=O)O. The molecule has 0 amide bonds. The van der Waals surface area contributed by atoms with Crippen LogP contribution in [-0.2, 0) is 6.42 Å². The van der Waals surface area contributed by atoms with Crippen molar-refractivity contribution in [3.8, 4) is 6.07 Å². The number of para-hydroxylation sites is 1. The number of nitriles is 1. The van der Waals surface area contributed by atoms with Crippen LogP contribution in [0.5, 0.6) is 0 Å². The molecular formula is C17H13ClN6O2. The highest BCUT2D eigenvalue weighted by atomic mass is 35.5. The molecule has 1 aromatic carbocycles. The normalized spacial score (nSPS) is 10.5. The van der Waals surface area contributed by atoms with Gasteiger partial charge in [0.25, 0.3) is 0 Å². The molecule has 0 fully saturated rings. The lowest BCUT2D eigenvalue weighted by Gasteiger charge is -2.11. The summed E-state index contributed by atoms with van der Waals surface area (Å²) in [6.07, 6.45) is 1.53. The van der Waals surface area contributed by atoms with Crippen LogP contribution in [0, 0.1) is 11.3 Å². The number of nitrogens with zero attached hydrogens (tertiary/aromatic N) is 4. The van der Waals surface area contributed by atoms with Gasteiger partial charge in [0.15, 0.2) is 0 Å². The molecule has 0 radical (unpaired) electrons. The van der Waals surface area contributed by atoms with E-state index in [-0.39, 0.29) is 29.2 Å². The third kappa shape index (κ3) is 3.34. The number of nitrogens with two attached hydrogens (primary N) is 1. The van der Waals surface area contributed by atoms with Crippen LogP contribution in [0.2, 0.25) is 5.02 Å². The molecule has 0 atom stereocenters. The quantitative estimate of drug-likeness (QED) is 0.624. The van der Waals surface area contributed by atoms with E-state index >= 15 is 0 Å². The summed E-state index contributed by atoms with van der Waals surface area (Å²) < 4.78 is 0. The van der Waals surface area contributed by atoms with Gasteiger partial charge in [0, 0.05) is 18.4 Å². The molecule has 26 heavy (non-hydrogen) atoms. The highest BCUT2D eigenvalue weighted by molar-refractivity contribution is 6.35. The maximum absolute atomic E-state index is 11.6. The Morgan fingerprint density at radius 1 is 1.38 bits per heavy atom. The van der Waals surface area contributed by atoms with Gasteiger partial charge in [-0.05, 0) is 12.1 Å². The van der Waals surface area contributed by atoms with Gasteiger partial charge in [0.05, 0.1) is 21.8 Å². The second-order valence-electron chi connectivity index (χ2n) is 5.37. The van der Waals surface area contributed by atoms with E-state index in [1.165, 1.54) is 6.33 Å². The maximum Gasteiger partial charge on any atom is 0.337 e. The minimum Gasteiger partial charge on any atom is -0.478 e. The second-order valence-corrected chi connectivity index (χ2v) is 5.78. The van der Waals surface area contributed by atoms with Crippen molar-refractivity contribution in [1.29, 1.82) is 5.26 Å². The summed E-state index contributed by atoms with van der Waals surface area (Å²) in [6.45, 7) is 0.300. The Morgan fingerprint density at radius 2 is 2.19 bits per heavy atom. The highest BCUT2D eigenvalue weighted by Crippen LogP contribution is 2.24. The number of hydrogen-bond acceptors (Lipinski definition) is 7. The third-order valence-electron chi connectivity index (χ3n) is 3.75. The van der Waals surface area contributed by atoms with Crippen molar-refractivity contribution >= 4 is 40.1 Å². The van der Waals surface area contributed by atoms with Gasteiger partial charge in [-0.15, -0.1) is 0 Å². The number of pyridine rings is 1. The van der Waals surface area contributed by atoms with Gasteiger partial charge in [-0.3, -0.25) is 4.98 Å². The Balaban J connectivity index is 1.88. The summed E-state index contributed by atoms with van der Waals surface area (Å²) >= 11 is 6.16. The number of carboxylic acid groups (broad SMARTS) is 1. The summed E-state index contributed by atoms with van der Waals surface area (Å²) in [6, 6.07) is 8.68. The molecule has 8 nitrogen and oxygen atoms in total. The van der Waals surface area contributed by atoms with Crippen molar-refractivity contribution in [3.63, 3.8) is 0 Å². The van der Waals surface area contributed by atoms with Gasteiger partial charge in [-0.2, -0.15) is 5.26 Å². The molecule has 9 heteroatoms. The third-order valence-corrected chi connectivity index (χ3v) is 4.05. The van der Waals surface area contributed by atoms with Gasteiger partial charge in [-0.25, -0.2) is 14.8 Å². The number of rotatable bonds is 5. The van der Waals surface area contributed by atoms with Crippen LogP contribution in [0.4, 0.5) is 11.6 Å². The molecule has 3 aromatic rings. The number of anilines is 2. The van der Waals surface area contributed by atoms with Crippen LogP contribution in [0.1, 0.15) is 21.6 Å². The van der Waals surface area contributed by atoms with Gasteiger partial charge in [0.1, 0.15) is 29.6 Å². The molecule has 4 N–H and O–H groups in total. The van der Waals surface area contributed by atoms with E-state index in [2.05, 4.69) is 20.3 Å². The Hall–Kier alpha value is -3.44. The zero-order valence-corrected chi connectivity index (χ0v) is 14.2. The number of benzene rings is 1. The number of nitrogen functional groups attached to an aromatic ring is 1. The first-order chi connectivity index (χ1) is 12.5. The number of nitrogens with one attached hydrogen (secondary N) is 1. The van der Waals surface area contributed by atoms with E-state index in [1.807, 2.05) is 6.07 Å². The van der Waals surface area contributed by atoms with Crippen molar-refractivity contribution in [2.75, 3.05) is 17.6 Å². The fourth-order valence-electron chi connectivity index (χ4n) is 2.52. The first-order valence-corrected chi connectivity index (χ1v) is 7.95. The first-order valence-electron chi connectivity index (χ1n) is 7.57. The molecule has 0 saturated carbocycles. The molecular weight excluding hydrogens is 356 g/mol. The van der Waals surface area contributed by atoms with E-state index in [4.69, 9.17) is 22.6 Å². The van der Waals surface area contributed by atoms with E-state index in [0.717, 1.165) is 0 Å². The van der Waals surface area contributed by atoms with Crippen molar-refractivity contribution in [2.45, 2.75) is 6.42 Å². The lowest BCUT2D eigenvalue weighted by atomic mass is 10.1. The molecule has 0 unspecified atom stereocenters. The average molecular weight is 369 g/mol. The van der Waals surface area contributed by atoms with Crippen LogP contribution in [0.15, 0.2) is 30.6 Å². The predicted molar refractivity (Wildman–Crippen MR) is 97.1 cm³/mol. The molecule has 0 aliphatic heterocycles. The number of aromatic nitrogens is 3. The molecule has 0 saturated heterocycles. The van der Waals surface area contributed by atoms with Crippen molar-refractivity contribution in [1.82, 2.24) is 15.0 Å². The molecule has 2 aromatic heterocycles. The fourth-order valence-corrected chi connectivity index (χ4v) is 2.74. The van der Waals surface area contributed by atoms with Crippen molar-refractivity contribution in [2.24, 2.45) is 0 Å². The van der Waals surface area contributed by atoms with E-state index in [0.29, 0.717) is 28.2 Å². The smallest absolute Gasteiger partial charge is 0.337 e. The Bertz CT molecular complexity index is 1050. The summed E-state index contributed by atoms with van der Waals surface area (Å²) in [5.74, 6) is -0.707. The van der Waals surface area contributed by atoms with Crippen molar-refractivity contribution in [3.05, 3.63) is 52.4 Å². The Kier molecular flexibility index (Phi) is 4.82. The van der Waals surface area contributed by atoms with Gasteiger partial charge in [0.2, 0.25) is 0 Å². The minimum atomic E-state index is -1.07. The standard InChI is InChI=1S/C17H13ClN6O2/c18-12-3-1-2-9-6-10(17(25)26)13(24-14(9)12)4-5-21-16-11(7-19)15(20)22-8-23-16/h1-3,6,8H,4-5H2,(H,25,26)(H3,20,21,22,23). The lowest BCUT2D eigenvalue weighted by molar-refractivity contribution is 0.0695. The lowest BCUT2D eigenvalue weighted by Crippen LogP contribution is -2.13. The van der Waals surface area contributed by atoms with Gasteiger partial charge < -0.3 is 16.2 Å². The zero-order valence-electron chi connectivity index (χ0n) is 13.4. The number of carboxylic acids is 1. The molecule has 0 bridgehead atoms. The van der Waals surface area contributed by atoms with E-state index in [1.54, 1.807) is 24.3 Å². The number of aromatic carboxylic acids is 1. The monoisotopic (exact) mass is 368 g/mol. The topological polar surface area (TPSA) is 138 Å². The van der Waals surface area contributed by atoms with E-state index in [9.17, 15) is 9.90 Å². The summed E-state index contributed by atoms with van der Waals surface area (Å²) in [5.41, 5.74) is 6.80. The maximum atomic E-state index is 11.6. The second kappa shape index (κ2) is 7.21. The molecule has 130 valence electrons. The summed E-state index contributed by atoms with van der Waals surface area (Å²) in [4.78, 5) is 23.7. The van der Waals surface area contributed by atoms with Crippen LogP contribution < -0.4 is 11.1 Å². The van der Waals surface area contributed by atoms with Gasteiger partial charge >= 0.3 is 5.97 Å². The Morgan fingerprint density at radius 3 is 2.92 bits per heavy atom. The Labute approximate surface area is 153 Å². The molecule has 0 spiro atoms. The largest absolute Gasteiger partial charge is 0.478 e. The first kappa shape index (κ1) is 17.4. The van der Waals surface area contributed by atoms with E-state index < -0.39 is 5.97 Å². The molecule has 0 aliphatic carbocycles. The molecule has 2 heterocycles. The number of halogens is 1. The molecule has 0 aliphatic rings. The summed E-state index contributed by atoms with van der Waals surface area (Å²) in [5, 5.41) is 22.6. The predicted octanol–water partition coefficient (Wildman–Crippen LogP) is 2.48. The molecule has 3 rings (SSSR count). The van der Waals surface area contributed by atoms with Gasteiger partial charge in [-0.1, -0.05) is 23.7 Å². The minimum absolute atomic E-state index is 0.0758. The zero-order chi connectivity index (χ0) is 18.7. The fraction of sp³-hybridized carbons (Fsp3) is 0.118. The number of fused-ring (bicyclic) bond motifs is 1. The summed E-state index contributed by atoms with van der Waals surface area (Å²) in [7, 11) is 0. The number of hydrogen-bond donors (Lipinski definition) is 3.